The summed E-state index contributed by atoms with van der Waals surface area (Å²) in [5.74, 6) is -0.658. The summed E-state index contributed by atoms with van der Waals surface area (Å²) >= 11 is 0. The highest BCUT2D eigenvalue weighted by Gasteiger charge is 2.29. The number of rotatable bonds is 4. The number of aliphatic hydroxyl groups is 2. The number of hydrogen-bond donors (Lipinski definition) is 3. The van der Waals surface area contributed by atoms with Gasteiger partial charge in [-0.25, -0.2) is 4.79 Å². The van der Waals surface area contributed by atoms with Crippen molar-refractivity contribution in [3.63, 3.8) is 0 Å². The number of nitrogens with zero attached hydrogens (tertiary/aromatic N) is 1. The second-order valence-electron chi connectivity index (χ2n) is 6.34. The lowest BCUT2D eigenvalue weighted by molar-refractivity contribution is 0.0572. The van der Waals surface area contributed by atoms with Crippen molar-refractivity contribution in [2.75, 3.05) is 25.1 Å². The number of hydrogen-bond acceptors (Lipinski definition) is 6. The van der Waals surface area contributed by atoms with Gasteiger partial charge in [0.15, 0.2) is 0 Å². The van der Waals surface area contributed by atoms with Gasteiger partial charge in [0.25, 0.3) is 5.56 Å². The number of carbonyl (C=O) groups excluding carboxylic acids is 1. The van der Waals surface area contributed by atoms with E-state index in [1.54, 1.807) is 6.07 Å². The van der Waals surface area contributed by atoms with Gasteiger partial charge in [0.1, 0.15) is 5.56 Å². The van der Waals surface area contributed by atoms with E-state index in [0.29, 0.717) is 25.2 Å². The fraction of sp³-hybridized carbons (Fsp3) is 0.368. The summed E-state index contributed by atoms with van der Waals surface area (Å²) in [4.78, 5) is 28.6. The Morgan fingerprint density at radius 2 is 1.85 bits per heavy atom. The summed E-state index contributed by atoms with van der Waals surface area (Å²) in [5.41, 5.74) is 2.71. The van der Waals surface area contributed by atoms with Crippen LogP contribution in [0.5, 0.6) is 0 Å². The van der Waals surface area contributed by atoms with E-state index >= 15 is 0 Å². The number of β-amino-alcohol motifs (C(OH)–C–C–N with tert-alkyl or cyclic N) is 2. The van der Waals surface area contributed by atoms with E-state index in [2.05, 4.69) is 9.72 Å². The topological polar surface area (TPSA) is 103 Å². The van der Waals surface area contributed by atoms with Crippen LogP contribution in [0.25, 0.3) is 11.3 Å². The van der Waals surface area contributed by atoms with Crippen molar-refractivity contribution >= 4 is 11.7 Å². The highest BCUT2D eigenvalue weighted by atomic mass is 16.5. The molecule has 2 aromatic rings. The Bertz CT molecular complexity index is 849. The smallest absolute Gasteiger partial charge is 0.343 e. The number of carbonyl (C=O) groups is 1. The van der Waals surface area contributed by atoms with Crippen molar-refractivity contribution < 1.29 is 19.7 Å². The van der Waals surface area contributed by atoms with Crippen LogP contribution in [0.1, 0.15) is 22.8 Å². The minimum atomic E-state index is -0.747. The van der Waals surface area contributed by atoms with Crippen molar-refractivity contribution in [2.45, 2.75) is 25.6 Å². The number of aliphatic hydroxyl groups excluding tert-OH is 2. The molecule has 3 N–H and O–H groups in total. The lowest BCUT2D eigenvalue weighted by atomic mass is 10.0. The molecule has 138 valence electrons. The van der Waals surface area contributed by atoms with Crippen LogP contribution in [0.4, 0.5) is 5.69 Å². The molecule has 26 heavy (non-hydrogen) atoms. The summed E-state index contributed by atoms with van der Waals surface area (Å²) in [6.45, 7) is 2.70. The Kier molecular flexibility index (Phi) is 5.11. The molecule has 1 aliphatic heterocycles. The molecule has 2 atom stereocenters. The normalized spacial score (nSPS) is 19.6. The molecule has 0 amide bonds. The Hall–Kier alpha value is -2.64. The van der Waals surface area contributed by atoms with E-state index < -0.39 is 23.7 Å². The number of aromatic amines is 1. The first-order chi connectivity index (χ1) is 12.4. The third-order valence-electron chi connectivity index (χ3n) is 4.69. The van der Waals surface area contributed by atoms with Crippen LogP contribution in [0.3, 0.4) is 0 Å². The largest absolute Gasteiger partial charge is 0.465 e. The number of anilines is 1. The zero-order valence-electron chi connectivity index (χ0n) is 14.7. The van der Waals surface area contributed by atoms with Crippen LogP contribution in [0, 0.1) is 0 Å². The van der Waals surface area contributed by atoms with Crippen LogP contribution in [0.15, 0.2) is 35.1 Å². The first kappa shape index (κ1) is 18.2. The first-order valence-corrected chi connectivity index (χ1v) is 8.50. The molecule has 3 rings (SSSR count). The average molecular weight is 358 g/mol. The highest BCUT2D eigenvalue weighted by Crippen LogP contribution is 2.26. The Balaban J connectivity index is 1.93. The summed E-state index contributed by atoms with van der Waals surface area (Å²) < 4.78 is 4.65. The van der Waals surface area contributed by atoms with Gasteiger partial charge in [-0.3, -0.25) is 4.79 Å². The number of esters is 1. The van der Waals surface area contributed by atoms with E-state index in [1.807, 2.05) is 36.1 Å². The SMILES string of the molecule is CCc1cc(C(=O)OC)c(=O)[nH]c1-c1ccc(N2C[C@@H](O)[C@@H](O)C2)cc1. The molecule has 0 bridgehead atoms. The fourth-order valence-corrected chi connectivity index (χ4v) is 3.19. The summed E-state index contributed by atoms with van der Waals surface area (Å²) in [6.07, 6.45) is -0.852. The Morgan fingerprint density at radius 1 is 1.23 bits per heavy atom. The van der Waals surface area contributed by atoms with Crippen molar-refractivity contribution in [1.82, 2.24) is 4.98 Å². The number of H-pyrrole nitrogens is 1. The molecule has 7 heteroatoms. The molecule has 1 saturated heterocycles. The molecule has 1 fully saturated rings. The Morgan fingerprint density at radius 3 is 2.38 bits per heavy atom. The second-order valence-corrected chi connectivity index (χ2v) is 6.34. The zero-order valence-corrected chi connectivity index (χ0v) is 14.7. The fourth-order valence-electron chi connectivity index (χ4n) is 3.19. The molecule has 7 nitrogen and oxygen atoms in total. The molecule has 0 aliphatic carbocycles. The van der Waals surface area contributed by atoms with Gasteiger partial charge in [0, 0.05) is 18.8 Å². The zero-order chi connectivity index (χ0) is 18.8. The molecule has 2 heterocycles. The van der Waals surface area contributed by atoms with Crippen LogP contribution >= 0.6 is 0 Å². The third kappa shape index (κ3) is 3.36. The molecule has 1 aromatic carbocycles. The van der Waals surface area contributed by atoms with Crippen molar-refractivity contribution in [2.24, 2.45) is 0 Å². The van der Waals surface area contributed by atoms with Crippen molar-refractivity contribution in [3.8, 4) is 11.3 Å². The van der Waals surface area contributed by atoms with Crippen LogP contribution < -0.4 is 10.5 Å². The lowest BCUT2D eigenvalue weighted by Crippen LogP contribution is -2.22. The van der Waals surface area contributed by atoms with E-state index in [1.165, 1.54) is 7.11 Å². The van der Waals surface area contributed by atoms with Gasteiger partial charge in [-0.05, 0) is 35.7 Å². The standard InChI is InChI=1S/C19H22N2O5/c1-3-11-8-14(19(25)26-2)18(24)20-17(11)12-4-6-13(7-5-12)21-9-15(22)16(23)10-21/h4-8,15-16,22-23H,3,9-10H2,1-2H3,(H,20,24)/t15-,16+. The second kappa shape index (κ2) is 7.31. The minimum Gasteiger partial charge on any atom is -0.465 e. The highest BCUT2D eigenvalue weighted by molar-refractivity contribution is 5.89. The van der Waals surface area contributed by atoms with Gasteiger partial charge < -0.3 is 24.8 Å². The third-order valence-corrected chi connectivity index (χ3v) is 4.69. The van der Waals surface area contributed by atoms with Crippen molar-refractivity contribution in [3.05, 3.63) is 51.8 Å². The number of aromatic nitrogens is 1. The summed E-state index contributed by atoms with van der Waals surface area (Å²) in [5, 5.41) is 19.4. The van der Waals surface area contributed by atoms with Crippen LogP contribution in [-0.2, 0) is 11.2 Å². The molecule has 0 spiro atoms. The first-order valence-electron chi connectivity index (χ1n) is 8.50. The number of methoxy groups -OCH3 is 1. The number of aryl methyl sites for hydroxylation is 1. The number of nitrogens with one attached hydrogen (secondary N) is 1. The number of benzene rings is 1. The quantitative estimate of drug-likeness (QED) is 0.703. The van der Waals surface area contributed by atoms with Gasteiger partial charge in [0.2, 0.25) is 0 Å². The van der Waals surface area contributed by atoms with Gasteiger partial charge in [0.05, 0.1) is 25.0 Å². The average Bonchev–Trinajstić information content (AvgIpc) is 2.99. The van der Waals surface area contributed by atoms with Gasteiger partial charge in [-0.15, -0.1) is 0 Å². The maximum absolute atomic E-state index is 12.2. The molecular weight excluding hydrogens is 336 g/mol. The number of pyridine rings is 1. The predicted octanol–water partition coefficient (Wildman–Crippen LogP) is 0.933. The molecular formula is C19H22N2O5. The molecule has 0 saturated carbocycles. The minimum absolute atomic E-state index is 0.00948. The van der Waals surface area contributed by atoms with E-state index in [9.17, 15) is 19.8 Å². The van der Waals surface area contributed by atoms with Gasteiger partial charge in [-0.1, -0.05) is 19.1 Å². The maximum Gasteiger partial charge on any atom is 0.343 e. The van der Waals surface area contributed by atoms with Crippen LogP contribution in [-0.4, -0.2) is 53.6 Å². The molecule has 1 aromatic heterocycles. The Labute approximate surface area is 150 Å². The number of ether oxygens (including phenoxy) is 1. The van der Waals surface area contributed by atoms with Gasteiger partial charge in [-0.2, -0.15) is 0 Å². The summed E-state index contributed by atoms with van der Waals surface area (Å²) in [6, 6.07) is 9.07. The van der Waals surface area contributed by atoms with E-state index in [4.69, 9.17) is 0 Å². The van der Waals surface area contributed by atoms with E-state index in [-0.39, 0.29) is 5.56 Å². The predicted molar refractivity (Wildman–Crippen MR) is 97.4 cm³/mol. The van der Waals surface area contributed by atoms with Gasteiger partial charge >= 0.3 is 5.97 Å². The lowest BCUT2D eigenvalue weighted by Gasteiger charge is -2.18. The van der Waals surface area contributed by atoms with Crippen LogP contribution in [0.2, 0.25) is 0 Å². The maximum atomic E-state index is 12.2. The molecule has 0 radical (unpaired) electrons. The van der Waals surface area contributed by atoms with Crippen molar-refractivity contribution in [1.29, 1.82) is 0 Å². The summed E-state index contributed by atoms with van der Waals surface area (Å²) in [7, 11) is 1.24. The molecule has 0 unspecified atom stereocenters. The monoisotopic (exact) mass is 358 g/mol. The van der Waals surface area contributed by atoms with E-state index in [0.717, 1.165) is 16.8 Å². The molecule has 1 aliphatic rings.